The Bertz CT molecular complexity index is 435. The van der Waals surface area contributed by atoms with Crippen molar-refractivity contribution in [3.8, 4) is 0 Å². The number of carbonyl (C=O) groups is 1. The largest absolute Gasteiger partial charge is 0.326 e. The molecule has 0 fully saturated rings. The van der Waals surface area contributed by atoms with Gasteiger partial charge in [0, 0.05) is 11.5 Å². The Morgan fingerprint density at radius 3 is 2.44 bits per heavy atom. The highest BCUT2D eigenvalue weighted by atomic mass is 31.2. The SMILES string of the molecule is Cc1ccccc1C(=O)C(C)CP(=O)(O)O. The average molecular weight is 242 g/mol. The van der Waals surface area contributed by atoms with Crippen molar-refractivity contribution >= 4 is 13.4 Å². The van der Waals surface area contributed by atoms with Crippen LogP contribution in [-0.2, 0) is 4.57 Å². The third kappa shape index (κ3) is 3.56. The van der Waals surface area contributed by atoms with Crippen LogP contribution in [0.15, 0.2) is 24.3 Å². The summed E-state index contributed by atoms with van der Waals surface area (Å²) < 4.78 is 10.8. The molecular weight excluding hydrogens is 227 g/mol. The fraction of sp³-hybridized carbons (Fsp3) is 0.364. The van der Waals surface area contributed by atoms with Crippen LogP contribution in [0, 0.1) is 12.8 Å². The smallest absolute Gasteiger partial charge is 0.324 e. The number of aryl methyl sites for hydroxylation is 1. The van der Waals surface area contributed by atoms with E-state index in [1.54, 1.807) is 25.1 Å². The van der Waals surface area contributed by atoms with Gasteiger partial charge in [0.15, 0.2) is 5.78 Å². The van der Waals surface area contributed by atoms with Crippen LogP contribution >= 0.6 is 7.60 Å². The highest BCUT2D eigenvalue weighted by Gasteiger charge is 2.24. The number of rotatable bonds is 4. The number of ketones is 1. The predicted octanol–water partition coefficient (Wildman–Crippen LogP) is 1.99. The maximum Gasteiger partial charge on any atom is 0.326 e. The Morgan fingerprint density at radius 2 is 1.94 bits per heavy atom. The van der Waals surface area contributed by atoms with Crippen molar-refractivity contribution < 1.29 is 19.1 Å². The fourth-order valence-electron chi connectivity index (χ4n) is 1.55. The van der Waals surface area contributed by atoms with E-state index in [2.05, 4.69) is 0 Å². The van der Waals surface area contributed by atoms with Crippen molar-refractivity contribution in [3.05, 3.63) is 35.4 Å². The number of benzene rings is 1. The summed E-state index contributed by atoms with van der Waals surface area (Å²) in [5.41, 5.74) is 1.36. The van der Waals surface area contributed by atoms with Gasteiger partial charge in [-0.25, -0.2) is 0 Å². The molecule has 1 aromatic rings. The number of hydrogen-bond donors (Lipinski definition) is 2. The van der Waals surface area contributed by atoms with Crippen LogP contribution in [0.2, 0.25) is 0 Å². The van der Waals surface area contributed by atoms with E-state index in [4.69, 9.17) is 9.79 Å². The van der Waals surface area contributed by atoms with Gasteiger partial charge >= 0.3 is 7.60 Å². The summed E-state index contributed by atoms with van der Waals surface area (Å²) in [7, 11) is -4.13. The monoisotopic (exact) mass is 242 g/mol. The molecule has 0 aliphatic rings. The maximum atomic E-state index is 11.9. The molecule has 16 heavy (non-hydrogen) atoms. The molecule has 88 valence electrons. The van der Waals surface area contributed by atoms with Crippen LogP contribution in [0.1, 0.15) is 22.8 Å². The molecule has 0 bridgehead atoms. The molecular formula is C11H15O4P. The van der Waals surface area contributed by atoms with Crippen LogP contribution in [-0.4, -0.2) is 21.7 Å². The summed E-state index contributed by atoms with van der Waals surface area (Å²) in [5, 5.41) is 0. The number of hydrogen-bond acceptors (Lipinski definition) is 2. The minimum atomic E-state index is -4.13. The van der Waals surface area contributed by atoms with Crippen LogP contribution in [0.5, 0.6) is 0 Å². The second-order valence-corrected chi connectivity index (χ2v) is 5.62. The van der Waals surface area contributed by atoms with E-state index in [0.29, 0.717) is 5.56 Å². The first-order chi connectivity index (χ1) is 7.31. The van der Waals surface area contributed by atoms with Crippen molar-refractivity contribution in [2.24, 2.45) is 5.92 Å². The standard InChI is InChI=1S/C11H15O4P/c1-8-5-3-4-6-10(8)11(12)9(2)7-16(13,14)15/h3-6,9H,7H2,1-2H3,(H2,13,14,15). The molecule has 2 N–H and O–H groups in total. The lowest BCUT2D eigenvalue weighted by Crippen LogP contribution is -2.16. The lowest BCUT2D eigenvalue weighted by Gasteiger charge is -2.12. The van der Waals surface area contributed by atoms with E-state index in [-0.39, 0.29) is 5.78 Å². The Hall–Kier alpha value is -0.960. The number of Topliss-reactive ketones (excluding diaryl/α,β-unsaturated/α-hetero) is 1. The zero-order chi connectivity index (χ0) is 12.3. The maximum absolute atomic E-state index is 11.9. The second-order valence-electron chi connectivity index (χ2n) is 3.93. The van der Waals surface area contributed by atoms with Gasteiger partial charge in [-0.2, -0.15) is 0 Å². The molecule has 4 nitrogen and oxygen atoms in total. The van der Waals surface area contributed by atoms with Crippen molar-refractivity contribution in [1.82, 2.24) is 0 Å². The Labute approximate surface area is 94.5 Å². The molecule has 1 rings (SSSR count). The van der Waals surface area contributed by atoms with E-state index in [0.717, 1.165) is 5.56 Å². The van der Waals surface area contributed by atoms with E-state index in [1.165, 1.54) is 6.92 Å². The van der Waals surface area contributed by atoms with Crippen LogP contribution in [0.25, 0.3) is 0 Å². The van der Waals surface area contributed by atoms with Gasteiger partial charge in [-0.3, -0.25) is 9.36 Å². The second kappa shape index (κ2) is 4.91. The van der Waals surface area contributed by atoms with Crippen LogP contribution in [0.4, 0.5) is 0 Å². The van der Waals surface area contributed by atoms with Crippen molar-refractivity contribution in [2.75, 3.05) is 6.16 Å². The van der Waals surface area contributed by atoms with Gasteiger partial charge in [0.2, 0.25) is 0 Å². The first-order valence-electron chi connectivity index (χ1n) is 4.95. The summed E-state index contributed by atoms with van der Waals surface area (Å²) in [5.74, 6) is -0.886. The Morgan fingerprint density at radius 1 is 1.38 bits per heavy atom. The Kier molecular flexibility index (Phi) is 4.03. The molecule has 0 heterocycles. The summed E-state index contributed by atoms with van der Waals surface area (Å²) in [6.07, 6.45) is -0.403. The van der Waals surface area contributed by atoms with Gasteiger partial charge in [0.05, 0.1) is 6.16 Å². The molecule has 0 aliphatic heterocycles. The molecule has 0 spiro atoms. The average Bonchev–Trinajstić information content (AvgIpc) is 2.15. The lowest BCUT2D eigenvalue weighted by molar-refractivity contribution is 0.0936. The molecule has 0 amide bonds. The predicted molar refractivity (Wildman–Crippen MR) is 61.6 cm³/mol. The Balaban J connectivity index is 2.87. The topological polar surface area (TPSA) is 74.6 Å². The summed E-state index contributed by atoms with van der Waals surface area (Å²) in [4.78, 5) is 29.5. The van der Waals surface area contributed by atoms with Gasteiger partial charge in [-0.05, 0) is 12.5 Å². The molecule has 1 aromatic carbocycles. The van der Waals surface area contributed by atoms with Gasteiger partial charge in [-0.1, -0.05) is 31.2 Å². The quantitative estimate of drug-likeness (QED) is 0.625. The minimum absolute atomic E-state index is 0.221. The minimum Gasteiger partial charge on any atom is -0.324 e. The summed E-state index contributed by atoms with van der Waals surface area (Å²) in [6.45, 7) is 3.34. The van der Waals surface area contributed by atoms with Crippen LogP contribution < -0.4 is 0 Å². The van der Waals surface area contributed by atoms with Crippen molar-refractivity contribution in [1.29, 1.82) is 0 Å². The van der Waals surface area contributed by atoms with E-state index >= 15 is 0 Å². The summed E-state index contributed by atoms with van der Waals surface area (Å²) >= 11 is 0. The highest BCUT2D eigenvalue weighted by molar-refractivity contribution is 7.51. The molecule has 1 unspecified atom stereocenters. The zero-order valence-corrected chi connectivity index (χ0v) is 10.1. The molecule has 0 saturated heterocycles. The first kappa shape index (κ1) is 13.1. The molecule has 0 aliphatic carbocycles. The highest BCUT2D eigenvalue weighted by Crippen LogP contribution is 2.37. The first-order valence-corrected chi connectivity index (χ1v) is 6.75. The van der Waals surface area contributed by atoms with E-state index in [9.17, 15) is 9.36 Å². The van der Waals surface area contributed by atoms with Gasteiger partial charge in [-0.15, -0.1) is 0 Å². The molecule has 1 atom stereocenters. The van der Waals surface area contributed by atoms with Crippen LogP contribution in [0.3, 0.4) is 0 Å². The van der Waals surface area contributed by atoms with E-state index in [1.807, 2.05) is 6.07 Å². The van der Waals surface area contributed by atoms with Crippen molar-refractivity contribution in [2.45, 2.75) is 13.8 Å². The number of carbonyl (C=O) groups excluding carboxylic acids is 1. The van der Waals surface area contributed by atoms with Gasteiger partial charge < -0.3 is 9.79 Å². The van der Waals surface area contributed by atoms with Crippen molar-refractivity contribution in [3.63, 3.8) is 0 Å². The fourth-order valence-corrected chi connectivity index (χ4v) is 2.43. The molecule has 0 radical (unpaired) electrons. The lowest BCUT2D eigenvalue weighted by atomic mass is 9.97. The van der Waals surface area contributed by atoms with E-state index < -0.39 is 19.7 Å². The molecule has 0 aromatic heterocycles. The third-order valence-corrected chi connectivity index (χ3v) is 3.39. The third-order valence-electron chi connectivity index (χ3n) is 2.37. The van der Waals surface area contributed by atoms with Gasteiger partial charge in [0.1, 0.15) is 0 Å². The van der Waals surface area contributed by atoms with Gasteiger partial charge in [0.25, 0.3) is 0 Å². The zero-order valence-electron chi connectivity index (χ0n) is 9.25. The molecule has 5 heteroatoms. The normalized spacial score (nSPS) is 13.5. The molecule has 0 saturated carbocycles. The summed E-state index contributed by atoms with van der Waals surface area (Å²) in [6, 6.07) is 7.04.